The van der Waals surface area contributed by atoms with Gasteiger partial charge in [0.15, 0.2) is 11.5 Å². The molecule has 1 atom stereocenters. The Kier molecular flexibility index (Phi) is 4.43. The first-order chi connectivity index (χ1) is 10.2. The van der Waals surface area contributed by atoms with Gasteiger partial charge in [-0.2, -0.15) is 0 Å². The Balaban J connectivity index is 1.54. The van der Waals surface area contributed by atoms with E-state index in [0.717, 1.165) is 22.3 Å². The van der Waals surface area contributed by atoms with Crippen LogP contribution in [-0.2, 0) is 6.54 Å². The van der Waals surface area contributed by atoms with Crippen LogP contribution in [0, 0.1) is 0 Å². The second-order valence-electron chi connectivity index (χ2n) is 4.89. The van der Waals surface area contributed by atoms with Crippen LogP contribution in [0.25, 0.3) is 0 Å². The van der Waals surface area contributed by atoms with Crippen LogP contribution < -0.4 is 14.8 Å². The first kappa shape index (κ1) is 14.4. The molecule has 110 valence electrons. The minimum atomic E-state index is -0.574. The van der Waals surface area contributed by atoms with E-state index in [1.54, 1.807) is 0 Å². The summed E-state index contributed by atoms with van der Waals surface area (Å²) in [6.07, 6.45) is -0.574. The van der Waals surface area contributed by atoms with Crippen molar-refractivity contribution in [2.24, 2.45) is 0 Å². The summed E-state index contributed by atoms with van der Waals surface area (Å²) in [7, 11) is 0. The highest BCUT2D eigenvalue weighted by Gasteiger charge is 2.16. The maximum Gasteiger partial charge on any atom is 0.231 e. The van der Waals surface area contributed by atoms with E-state index in [1.807, 2.05) is 42.5 Å². The van der Waals surface area contributed by atoms with Crippen LogP contribution in [-0.4, -0.2) is 18.4 Å². The van der Waals surface area contributed by atoms with Crippen molar-refractivity contribution in [3.63, 3.8) is 0 Å². The highest BCUT2D eigenvalue weighted by atomic mass is 79.9. The molecule has 4 nitrogen and oxygen atoms in total. The Bertz CT molecular complexity index is 615. The summed E-state index contributed by atoms with van der Waals surface area (Å²) >= 11 is 3.41. The average molecular weight is 350 g/mol. The lowest BCUT2D eigenvalue weighted by molar-refractivity contribution is 0.170. The molecule has 0 amide bonds. The molecule has 1 unspecified atom stereocenters. The van der Waals surface area contributed by atoms with Crippen molar-refractivity contribution < 1.29 is 14.6 Å². The SMILES string of the molecule is OC(CNCc1ccc(Br)cc1)c1ccc2c(c1)OCO2. The van der Waals surface area contributed by atoms with Crippen LogP contribution in [0.1, 0.15) is 17.2 Å². The van der Waals surface area contributed by atoms with E-state index in [2.05, 4.69) is 21.2 Å². The van der Waals surface area contributed by atoms with Crippen molar-refractivity contribution in [2.75, 3.05) is 13.3 Å². The Labute approximate surface area is 131 Å². The van der Waals surface area contributed by atoms with E-state index in [0.29, 0.717) is 12.3 Å². The molecule has 2 aromatic carbocycles. The van der Waals surface area contributed by atoms with Crippen molar-refractivity contribution in [1.29, 1.82) is 0 Å². The third-order valence-electron chi connectivity index (χ3n) is 3.36. The number of rotatable bonds is 5. The molecule has 1 aliphatic heterocycles. The van der Waals surface area contributed by atoms with Crippen molar-refractivity contribution in [3.8, 4) is 11.5 Å². The number of aliphatic hydroxyl groups is 1. The Morgan fingerprint density at radius 1 is 1.10 bits per heavy atom. The maximum absolute atomic E-state index is 10.2. The number of fused-ring (bicyclic) bond motifs is 1. The predicted octanol–water partition coefficient (Wildman–Crippen LogP) is 3.00. The minimum absolute atomic E-state index is 0.247. The molecule has 0 aliphatic carbocycles. The Morgan fingerprint density at radius 3 is 2.67 bits per heavy atom. The van der Waals surface area contributed by atoms with Gasteiger partial charge >= 0.3 is 0 Å². The van der Waals surface area contributed by atoms with Gasteiger partial charge in [0.25, 0.3) is 0 Å². The summed E-state index contributed by atoms with van der Waals surface area (Å²) in [6.45, 7) is 1.45. The summed E-state index contributed by atoms with van der Waals surface area (Å²) < 4.78 is 11.6. The fraction of sp³-hybridized carbons (Fsp3) is 0.250. The quantitative estimate of drug-likeness (QED) is 0.871. The van der Waals surface area contributed by atoms with E-state index >= 15 is 0 Å². The van der Waals surface area contributed by atoms with Crippen molar-refractivity contribution in [3.05, 3.63) is 58.1 Å². The van der Waals surface area contributed by atoms with Crippen LogP contribution in [0.2, 0.25) is 0 Å². The van der Waals surface area contributed by atoms with Gasteiger partial charge in [0.1, 0.15) is 0 Å². The molecule has 21 heavy (non-hydrogen) atoms. The van der Waals surface area contributed by atoms with E-state index in [1.165, 1.54) is 5.56 Å². The van der Waals surface area contributed by atoms with Gasteiger partial charge in [-0.1, -0.05) is 34.1 Å². The van der Waals surface area contributed by atoms with Crippen LogP contribution in [0.4, 0.5) is 0 Å². The van der Waals surface area contributed by atoms with Crippen molar-refractivity contribution in [2.45, 2.75) is 12.6 Å². The number of aliphatic hydroxyl groups excluding tert-OH is 1. The number of hydrogen-bond acceptors (Lipinski definition) is 4. The Hall–Kier alpha value is -1.56. The van der Waals surface area contributed by atoms with E-state index in [9.17, 15) is 5.11 Å². The molecule has 0 spiro atoms. The number of halogens is 1. The molecule has 0 saturated carbocycles. The van der Waals surface area contributed by atoms with Crippen molar-refractivity contribution >= 4 is 15.9 Å². The maximum atomic E-state index is 10.2. The molecule has 1 heterocycles. The molecule has 0 saturated heterocycles. The standard InChI is InChI=1S/C16H16BrNO3/c17-13-4-1-11(2-5-13)8-18-9-14(19)12-3-6-15-16(7-12)21-10-20-15/h1-7,14,18-19H,8-10H2. The molecule has 0 bridgehead atoms. The zero-order chi connectivity index (χ0) is 14.7. The number of benzene rings is 2. The highest BCUT2D eigenvalue weighted by Crippen LogP contribution is 2.34. The van der Waals surface area contributed by atoms with Crippen LogP contribution in [0.3, 0.4) is 0 Å². The fourth-order valence-electron chi connectivity index (χ4n) is 2.19. The monoisotopic (exact) mass is 349 g/mol. The molecule has 0 fully saturated rings. The van der Waals surface area contributed by atoms with Gasteiger partial charge in [0, 0.05) is 17.6 Å². The molecule has 3 rings (SSSR count). The first-order valence-electron chi connectivity index (χ1n) is 6.75. The topological polar surface area (TPSA) is 50.7 Å². The predicted molar refractivity (Wildman–Crippen MR) is 83.4 cm³/mol. The summed E-state index contributed by atoms with van der Waals surface area (Å²) in [5.74, 6) is 1.42. The summed E-state index contributed by atoms with van der Waals surface area (Å²) in [4.78, 5) is 0. The lowest BCUT2D eigenvalue weighted by Crippen LogP contribution is -2.21. The van der Waals surface area contributed by atoms with Gasteiger partial charge in [0.05, 0.1) is 6.10 Å². The second kappa shape index (κ2) is 6.47. The van der Waals surface area contributed by atoms with Crippen LogP contribution in [0.5, 0.6) is 11.5 Å². The average Bonchev–Trinajstić information content (AvgIpc) is 2.96. The molecule has 0 radical (unpaired) electrons. The molecule has 0 aromatic heterocycles. The molecule has 2 N–H and O–H groups in total. The van der Waals surface area contributed by atoms with E-state index in [-0.39, 0.29) is 6.79 Å². The largest absolute Gasteiger partial charge is 0.454 e. The van der Waals surface area contributed by atoms with Gasteiger partial charge in [0.2, 0.25) is 6.79 Å². The van der Waals surface area contributed by atoms with Gasteiger partial charge in [-0.3, -0.25) is 0 Å². The molecular weight excluding hydrogens is 334 g/mol. The minimum Gasteiger partial charge on any atom is -0.454 e. The second-order valence-corrected chi connectivity index (χ2v) is 5.80. The summed E-state index contributed by atoms with van der Waals surface area (Å²) in [5, 5.41) is 13.5. The summed E-state index contributed by atoms with van der Waals surface area (Å²) in [5.41, 5.74) is 2.00. The fourth-order valence-corrected chi connectivity index (χ4v) is 2.46. The number of ether oxygens (including phenoxy) is 2. The third kappa shape index (κ3) is 3.56. The highest BCUT2D eigenvalue weighted by molar-refractivity contribution is 9.10. The normalized spacial score (nSPS) is 14.2. The molecule has 2 aromatic rings. The number of nitrogens with one attached hydrogen (secondary N) is 1. The molecule has 1 aliphatic rings. The van der Waals surface area contributed by atoms with E-state index in [4.69, 9.17) is 9.47 Å². The zero-order valence-electron chi connectivity index (χ0n) is 11.4. The van der Waals surface area contributed by atoms with Gasteiger partial charge in [-0.05, 0) is 35.4 Å². The smallest absolute Gasteiger partial charge is 0.231 e. The van der Waals surface area contributed by atoms with Gasteiger partial charge < -0.3 is 19.9 Å². The lowest BCUT2D eigenvalue weighted by atomic mass is 10.1. The van der Waals surface area contributed by atoms with E-state index < -0.39 is 6.10 Å². The number of hydrogen-bond donors (Lipinski definition) is 2. The molecule has 5 heteroatoms. The van der Waals surface area contributed by atoms with Crippen LogP contribution in [0.15, 0.2) is 46.9 Å². The van der Waals surface area contributed by atoms with Gasteiger partial charge in [-0.25, -0.2) is 0 Å². The molecular formula is C16H16BrNO3. The third-order valence-corrected chi connectivity index (χ3v) is 3.89. The Morgan fingerprint density at radius 2 is 1.86 bits per heavy atom. The van der Waals surface area contributed by atoms with Crippen LogP contribution >= 0.6 is 15.9 Å². The first-order valence-corrected chi connectivity index (χ1v) is 7.54. The summed E-state index contributed by atoms with van der Waals surface area (Å²) in [6, 6.07) is 13.6. The van der Waals surface area contributed by atoms with Gasteiger partial charge in [-0.15, -0.1) is 0 Å². The lowest BCUT2D eigenvalue weighted by Gasteiger charge is -2.13. The zero-order valence-corrected chi connectivity index (χ0v) is 13.0. The van der Waals surface area contributed by atoms with Crippen molar-refractivity contribution in [1.82, 2.24) is 5.32 Å².